The molecule has 2 N–H and O–H groups in total. The first-order chi connectivity index (χ1) is 7.24. The maximum Gasteiger partial charge on any atom is 0.233 e. The van der Waals surface area contributed by atoms with Gasteiger partial charge >= 0.3 is 0 Å². The summed E-state index contributed by atoms with van der Waals surface area (Å²) >= 11 is 0. The zero-order valence-electron chi connectivity index (χ0n) is 9.29. The lowest BCUT2D eigenvalue weighted by atomic mass is 10.4. The summed E-state index contributed by atoms with van der Waals surface area (Å²) in [7, 11) is 1.96. The van der Waals surface area contributed by atoms with E-state index in [2.05, 4.69) is 15.6 Å². The highest BCUT2D eigenvalue weighted by molar-refractivity contribution is 5.77. The first kappa shape index (κ1) is 11.7. The van der Waals surface area contributed by atoms with Gasteiger partial charge in [-0.3, -0.25) is 4.79 Å². The van der Waals surface area contributed by atoms with Crippen LogP contribution in [0.1, 0.15) is 12.7 Å². The van der Waals surface area contributed by atoms with Crippen LogP contribution in [0.2, 0.25) is 0 Å². The maximum atomic E-state index is 11.1. The summed E-state index contributed by atoms with van der Waals surface area (Å²) < 4.78 is 1.98. The molecule has 0 spiro atoms. The van der Waals surface area contributed by atoms with Crippen molar-refractivity contribution in [3.63, 3.8) is 0 Å². The lowest BCUT2D eigenvalue weighted by Gasteiger charge is -2.04. The first-order valence-corrected chi connectivity index (χ1v) is 5.17. The Morgan fingerprint density at radius 1 is 1.60 bits per heavy atom. The lowest BCUT2D eigenvalue weighted by molar-refractivity contribution is -0.120. The van der Waals surface area contributed by atoms with E-state index in [1.54, 1.807) is 6.20 Å². The SMILES string of the molecule is CCNC(=O)CNCCc1nccn1C. The number of carbonyl (C=O) groups is 1. The summed E-state index contributed by atoms with van der Waals surface area (Å²) in [4.78, 5) is 15.3. The zero-order chi connectivity index (χ0) is 11.1. The molecule has 0 unspecified atom stereocenters. The molecule has 5 heteroatoms. The van der Waals surface area contributed by atoms with Gasteiger partial charge in [-0.2, -0.15) is 0 Å². The maximum absolute atomic E-state index is 11.1. The molecule has 5 nitrogen and oxygen atoms in total. The van der Waals surface area contributed by atoms with Crippen LogP contribution in [0.4, 0.5) is 0 Å². The highest BCUT2D eigenvalue weighted by atomic mass is 16.1. The van der Waals surface area contributed by atoms with Crippen molar-refractivity contribution in [3.8, 4) is 0 Å². The number of nitrogens with zero attached hydrogens (tertiary/aromatic N) is 2. The molecule has 0 saturated heterocycles. The molecule has 0 fully saturated rings. The van der Waals surface area contributed by atoms with E-state index < -0.39 is 0 Å². The quantitative estimate of drug-likeness (QED) is 0.633. The molecule has 1 amide bonds. The second-order valence-electron chi connectivity index (χ2n) is 3.33. The van der Waals surface area contributed by atoms with E-state index in [4.69, 9.17) is 0 Å². The van der Waals surface area contributed by atoms with Gasteiger partial charge in [-0.15, -0.1) is 0 Å². The monoisotopic (exact) mass is 210 g/mol. The fourth-order valence-electron chi connectivity index (χ4n) is 1.30. The molecule has 0 aliphatic carbocycles. The van der Waals surface area contributed by atoms with Crippen molar-refractivity contribution in [2.24, 2.45) is 7.05 Å². The summed E-state index contributed by atoms with van der Waals surface area (Å²) in [6.07, 6.45) is 4.53. The van der Waals surface area contributed by atoms with Crippen molar-refractivity contribution >= 4 is 5.91 Å². The first-order valence-electron chi connectivity index (χ1n) is 5.17. The predicted molar refractivity (Wildman–Crippen MR) is 58.5 cm³/mol. The number of carbonyl (C=O) groups excluding carboxylic acids is 1. The highest BCUT2D eigenvalue weighted by Gasteiger charge is 2.00. The third-order valence-electron chi connectivity index (χ3n) is 2.11. The summed E-state index contributed by atoms with van der Waals surface area (Å²) in [5.74, 6) is 1.07. The van der Waals surface area contributed by atoms with E-state index in [-0.39, 0.29) is 5.91 Å². The number of aromatic nitrogens is 2. The second kappa shape index (κ2) is 6.19. The van der Waals surface area contributed by atoms with Crippen molar-refractivity contribution in [3.05, 3.63) is 18.2 Å². The Hall–Kier alpha value is -1.36. The van der Waals surface area contributed by atoms with Crippen LogP contribution in [0.15, 0.2) is 12.4 Å². The van der Waals surface area contributed by atoms with E-state index in [1.165, 1.54) is 0 Å². The molecule has 0 radical (unpaired) electrons. The molecular weight excluding hydrogens is 192 g/mol. The smallest absolute Gasteiger partial charge is 0.233 e. The minimum Gasteiger partial charge on any atom is -0.355 e. The molecule has 0 saturated carbocycles. The van der Waals surface area contributed by atoms with E-state index in [0.29, 0.717) is 13.1 Å². The summed E-state index contributed by atoms with van der Waals surface area (Å²) in [6, 6.07) is 0. The van der Waals surface area contributed by atoms with Gasteiger partial charge in [0.25, 0.3) is 0 Å². The normalized spacial score (nSPS) is 10.3. The molecule has 15 heavy (non-hydrogen) atoms. The van der Waals surface area contributed by atoms with Crippen LogP contribution >= 0.6 is 0 Å². The number of imidazole rings is 1. The van der Waals surface area contributed by atoms with Gasteiger partial charge in [-0.05, 0) is 6.92 Å². The number of likely N-dealkylation sites (N-methyl/N-ethyl adjacent to an activating group) is 1. The molecule has 1 aromatic heterocycles. The number of amides is 1. The van der Waals surface area contributed by atoms with Gasteiger partial charge < -0.3 is 15.2 Å². The van der Waals surface area contributed by atoms with Crippen LogP contribution in [0.3, 0.4) is 0 Å². The number of hydrogen-bond acceptors (Lipinski definition) is 3. The molecule has 1 aromatic rings. The van der Waals surface area contributed by atoms with Crippen LogP contribution < -0.4 is 10.6 Å². The van der Waals surface area contributed by atoms with Gasteiger partial charge in [-0.1, -0.05) is 0 Å². The average Bonchev–Trinajstić information content (AvgIpc) is 2.60. The lowest BCUT2D eigenvalue weighted by Crippen LogP contribution is -2.34. The summed E-state index contributed by atoms with van der Waals surface area (Å²) in [5.41, 5.74) is 0. The number of aryl methyl sites for hydroxylation is 1. The van der Waals surface area contributed by atoms with E-state index >= 15 is 0 Å². The van der Waals surface area contributed by atoms with Gasteiger partial charge in [0.2, 0.25) is 5.91 Å². The zero-order valence-corrected chi connectivity index (χ0v) is 9.29. The molecular formula is C10H18N4O. The predicted octanol–water partition coefficient (Wildman–Crippen LogP) is -0.312. The Labute approximate surface area is 89.9 Å². The van der Waals surface area contributed by atoms with E-state index in [0.717, 1.165) is 18.8 Å². The fourth-order valence-corrected chi connectivity index (χ4v) is 1.30. The topological polar surface area (TPSA) is 59.0 Å². The molecule has 1 rings (SSSR count). The largest absolute Gasteiger partial charge is 0.355 e. The molecule has 0 aliphatic heterocycles. The van der Waals surface area contributed by atoms with Crippen molar-refractivity contribution in [1.82, 2.24) is 20.2 Å². The number of hydrogen-bond donors (Lipinski definition) is 2. The molecule has 0 bridgehead atoms. The molecule has 1 heterocycles. The van der Waals surface area contributed by atoms with Crippen LogP contribution in [-0.4, -0.2) is 35.1 Å². The van der Waals surface area contributed by atoms with Gasteiger partial charge in [0, 0.05) is 39.0 Å². The van der Waals surface area contributed by atoms with Gasteiger partial charge in [0.05, 0.1) is 6.54 Å². The number of rotatable bonds is 6. The van der Waals surface area contributed by atoms with E-state index in [9.17, 15) is 4.79 Å². The molecule has 0 aromatic carbocycles. The molecule has 84 valence electrons. The fraction of sp³-hybridized carbons (Fsp3) is 0.600. The van der Waals surface area contributed by atoms with Crippen molar-refractivity contribution in [2.45, 2.75) is 13.3 Å². The van der Waals surface area contributed by atoms with Crippen LogP contribution in [-0.2, 0) is 18.3 Å². The van der Waals surface area contributed by atoms with Crippen molar-refractivity contribution in [1.29, 1.82) is 0 Å². The van der Waals surface area contributed by atoms with Gasteiger partial charge in [0.1, 0.15) is 5.82 Å². The van der Waals surface area contributed by atoms with Gasteiger partial charge in [0.15, 0.2) is 0 Å². The van der Waals surface area contributed by atoms with Crippen LogP contribution in [0.5, 0.6) is 0 Å². The Bertz CT molecular complexity index is 308. The Morgan fingerprint density at radius 3 is 3.00 bits per heavy atom. The van der Waals surface area contributed by atoms with Crippen LogP contribution in [0, 0.1) is 0 Å². The van der Waals surface area contributed by atoms with Crippen LogP contribution in [0.25, 0.3) is 0 Å². The third-order valence-corrected chi connectivity index (χ3v) is 2.11. The van der Waals surface area contributed by atoms with E-state index in [1.807, 2.05) is 24.7 Å². The van der Waals surface area contributed by atoms with Crippen molar-refractivity contribution in [2.75, 3.05) is 19.6 Å². The molecule has 0 atom stereocenters. The Balaban J connectivity index is 2.12. The summed E-state index contributed by atoms with van der Waals surface area (Å²) in [5, 5.41) is 5.80. The minimum absolute atomic E-state index is 0.0392. The minimum atomic E-state index is 0.0392. The second-order valence-corrected chi connectivity index (χ2v) is 3.33. The molecule has 0 aliphatic rings. The Morgan fingerprint density at radius 2 is 2.40 bits per heavy atom. The Kier molecular flexibility index (Phi) is 4.83. The number of nitrogens with one attached hydrogen (secondary N) is 2. The van der Waals surface area contributed by atoms with Crippen molar-refractivity contribution < 1.29 is 4.79 Å². The average molecular weight is 210 g/mol. The summed E-state index contributed by atoms with van der Waals surface area (Å²) in [6.45, 7) is 3.73. The third kappa shape index (κ3) is 4.12. The standard InChI is InChI=1S/C10H18N4O/c1-3-12-10(15)8-11-5-4-9-13-6-7-14(9)2/h6-7,11H,3-5,8H2,1-2H3,(H,12,15). The highest BCUT2D eigenvalue weighted by Crippen LogP contribution is 1.93. The van der Waals surface area contributed by atoms with Gasteiger partial charge in [-0.25, -0.2) is 4.98 Å².